The summed E-state index contributed by atoms with van der Waals surface area (Å²) in [6, 6.07) is 15.8. The second kappa shape index (κ2) is 8.59. The summed E-state index contributed by atoms with van der Waals surface area (Å²) in [7, 11) is 3.31. The van der Waals surface area contributed by atoms with Crippen LogP contribution in [0.5, 0.6) is 5.75 Å². The summed E-state index contributed by atoms with van der Waals surface area (Å²) < 4.78 is 11.5. The second-order valence-corrected chi connectivity index (χ2v) is 7.68. The molecule has 2 aromatic heterocycles. The van der Waals surface area contributed by atoms with Gasteiger partial charge in [-0.25, -0.2) is 0 Å². The Bertz CT molecular complexity index is 1160. The van der Waals surface area contributed by atoms with Gasteiger partial charge in [0.2, 0.25) is 0 Å². The van der Waals surface area contributed by atoms with Crippen LogP contribution < -0.4 is 10.1 Å². The van der Waals surface area contributed by atoms with Crippen molar-refractivity contribution in [3.63, 3.8) is 0 Å². The maximum absolute atomic E-state index is 13.0. The third-order valence-corrected chi connectivity index (χ3v) is 6.04. The van der Waals surface area contributed by atoms with Crippen LogP contribution >= 0.6 is 11.3 Å². The minimum atomic E-state index is -0.0720. The molecule has 1 amide bonds. The summed E-state index contributed by atoms with van der Waals surface area (Å²) in [6.45, 7) is 1.19. The van der Waals surface area contributed by atoms with E-state index in [4.69, 9.17) is 9.47 Å². The molecule has 0 fully saturated rings. The number of nitrogens with one attached hydrogen (secondary N) is 1. The fourth-order valence-electron chi connectivity index (χ4n) is 3.39. The normalized spacial score (nSPS) is 11.1. The number of hydrogen-bond donors (Lipinski definition) is 1. The Morgan fingerprint density at radius 2 is 1.93 bits per heavy atom. The van der Waals surface area contributed by atoms with E-state index in [9.17, 15) is 4.79 Å². The third kappa shape index (κ3) is 3.81. The number of rotatable bonds is 7. The molecule has 6 heteroatoms. The number of aromatic nitrogens is 1. The highest BCUT2D eigenvalue weighted by molar-refractivity contribution is 7.22. The summed E-state index contributed by atoms with van der Waals surface area (Å²) in [5, 5.41) is 4.99. The Kier molecular flexibility index (Phi) is 5.74. The number of nitrogens with zero attached hydrogens (tertiary/aromatic N) is 1. The van der Waals surface area contributed by atoms with Crippen LogP contribution in [0.1, 0.15) is 16.1 Å². The van der Waals surface area contributed by atoms with Crippen LogP contribution in [0.15, 0.2) is 54.7 Å². The van der Waals surface area contributed by atoms with Gasteiger partial charge in [0.05, 0.1) is 12.6 Å². The van der Waals surface area contributed by atoms with Crippen molar-refractivity contribution in [2.75, 3.05) is 27.4 Å². The molecule has 2 aromatic carbocycles. The number of ether oxygens (including phenoxy) is 2. The van der Waals surface area contributed by atoms with Crippen LogP contribution in [0, 0.1) is 0 Å². The van der Waals surface area contributed by atoms with Gasteiger partial charge in [0.25, 0.3) is 5.91 Å². The Hall–Kier alpha value is -2.96. The van der Waals surface area contributed by atoms with E-state index in [0.29, 0.717) is 18.0 Å². The predicted molar refractivity (Wildman–Crippen MR) is 118 cm³/mol. The van der Waals surface area contributed by atoms with Crippen LogP contribution in [-0.4, -0.2) is 38.3 Å². The first-order valence-corrected chi connectivity index (χ1v) is 10.3. The van der Waals surface area contributed by atoms with Crippen LogP contribution in [0.2, 0.25) is 0 Å². The molecule has 4 aromatic rings. The first-order valence-electron chi connectivity index (χ1n) is 9.44. The molecule has 5 nitrogen and oxygen atoms in total. The summed E-state index contributed by atoms with van der Waals surface area (Å²) in [6.07, 6.45) is 2.64. The number of amides is 1. The average molecular weight is 407 g/mol. The molecular weight excluding hydrogens is 384 g/mol. The number of fused-ring (bicyclic) bond motifs is 3. The average Bonchev–Trinajstić information content (AvgIpc) is 3.17. The second-order valence-electron chi connectivity index (χ2n) is 6.66. The van der Waals surface area contributed by atoms with E-state index in [-0.39, 0.29) is 5.91 Å². The zero-order chi connectivity index (χ0) is 20.2. The highest BCUT2D eigenvalue weighted by atomic mass is 32.1. The summed E-state index contributed by atoms with van der Waals surface area (Å²) in [5.74, 6) is 0.698. The Morgan fingerprint density at radius 3 is 2.69 bits per heavy atom. The molecule has 0 atom stereocenters. The molecule has 4 rings (SSSR count). The number of hydrogen-bond acceptors (Lipinski definition) is 5. The van der Waals surface area contributed by atoms with Gasteiger partial charge in [-0.2, -0.15) is 0 Å². The fourth-order valence-corrected chi connectivity index (χ4v) is 4.62. The zero-order valence-electron chi connectivity index (χ0n) is 16.4. The maximum Gasteiger partial charge on any atom is 0.262 e. The van der Waals surface area contributed by atoms with Crippen LogP contribution in [0.3, 0.4) is 0 Å². The van der Waals surface area contributed by atoms with E-state index < -0.39 is 0 Å². The van der Waals surface area contributed by atoms with E-state index >= 15 is 0 Å². The number of carbonyl (C=O) groups is 1. The molecule has 0 aliphatic heterocycles. The highest BCUT2D eigenvalue weighted by Crippen LogP contribution is 2.42. The van der Waals surface area contributed by atoms with Crippen molar-refractivity contribution in [1.29, 1.82) is 0 Å². The van der Waals surface area contributed by atoms with Gasteiger partial charge in [-0.1, -0.05) is 30.3 Å². The molecule has 0 radical (unpaired) electrons. The van der Waals surface area contributed by atoms with Crippen molar-refractivity contribution in [3.8, 4) is 16.9 Å². The molecule has 2 heterocycles. The lowest BCUT2D eigenvalue weighted by Gasteiger charge is -2.07. The first-order chi connectivity index (χ1) is 14.2. The molecule has 0 bridgehead atoms. The molecule has 29 heavy (non-hydrogen) atoms. The van der Waals surface area contributed by atoms with Crippen molar-refractivity contribution in [3.05, 3.63) is 59.6 Å². The van der Waals surface area contributed by atoms with Gasteiger partial charge >= 0.3 is 0 Å². The lowest BCUT2D eigenvalue weighted by Crippen LogP contribution is -2.24. The topological polar surface area (TPSA) is 60.5 Å². The van der Waals surface area contributed by atoms with E-state index in [1.807, 2.05) is 54.7 Å². The first kappa shape index (κ1) is 19.4. The van der Waals surface area contributed by atoms with Gasteiger partial charge < -0.3 is 14.8 Å². The van der Waals surface area contributed by atoms with Gasteiger partial charge in [0.15, 0.2) is 0 Å². The lowest BCUT2D eigenvalue weighted by atomic mass is 10.0. The molecule has 0 saturated carbocycles. The van der Waals surface area contributed by atoms with Gasteiger partial charge in [-0.15, -0.1) is 11.3 Å². The minimum absolute atomic E-state index is 0.0720. The SMILES string of the molecule is COCCCNC(=O)c1sc2c(cnc3ccc(OC)cc32)c1-c1ccccc1. The standard InChI is InChI=1S/C23H22N2O3S/c1-27-12-6-11-24-23(26)22-20(15-7-4-3-5-8-15)18-14-25-19-10-9-16(28-2)13-17(19)21(18)29-22/h3-5,7-10,13-14H,6,11-12H2,1-2H3,(H,24,26). The lowest BCUT2D eigenvalue weighted by molar-refractivity contribution is 0.0953. The Balaban J connectivity index is 1.88. The van der Waals surface area contributed by atoms with Crippen LogP contribution in [-0.2, 0) is 4.74 Å². The molecule has 0 aliphatic carbocycles. The molecule has 0 saturated heterocycles. The van der Waals surface area contributed by atoms with E-state index in [1.54, 1.807) is 14.2 Å². The third-order valence-electron chi connectivity index (χ3n) is 4.81. The number of thiophene rings is 1. The van der Waals surface area contributed by atoms with E-state index in [1.165, 1.54) is 11.3 Å². The molecule has 0 unspecified atom stereocenters. The van der Waals surface area contributed by atoms with Crippen molar-refractivity contribution in [2.45, 2.75) is 6.42 Å². The quantitative estimate of drug-likeness (QED) is 0.444. The van der Waals surface area contributed by atoms with Gasteiger partial charge in [-0.05, 0) is 30.2 Å². The number of benzene rings is 2. The van der Waals surface area contributed by atoms with Crippen molar-refractivity contribution in [2.24, 2.45) is 0 Å². The fraction of sp³-hybridized carbons (Fsp3) is 0.217. The predicted octanol–water partition coefficient (Wildman–Crippen LogP) is 4.89. The van der Waals surface area contributed by atoms with Crippen LogP contribution in [0.25, 0.3) is 32.1 Å². The van der Waals surface area contributed by atoms with Crippen LogP contribution in [0.4, 0.5) is 0 Å². The Morgan fingerprint density at radius 1 is 1.10 bits per heavy atom. The van der Waals surface area contributed by atoms with Gasteiger partial charge in [0.1, 0.15) is 10.6 Å². The minimum Gasteiger partial charge on any atom is -0.497 e. The van der Waals surface area contributed by atoms with Crippen molar-refractivity contribution in [1.82, 2.24) is 10.3 Å². The highest BCUT2D eigenvalue weighted by Gasteiger charge is 2.21. The maximum atomic E-state index is 13.0. The molecule has 0 aliphatic rings. The van der Waals surface area contributed by atoms with Gasteiger partial charge in [0, 0.05) is 47.5 Å². The van der Waals surface area contributed by atoms with Gasteiger partial charge in [-0.3, -0.25) is 9.78 Å². The van der Waals surface area contributed by atoms with Crippen molar-refractivity contribution < 1.29 is 14.3 Å². The summed E-state index contributed by atoms with van der Waals surface area (Å²) >= 11 is 1.50. The largest absolute Gasteiger partial charge is 0.497 e. The molecule has 148 valence electrons. The summed E-state index contributed by atoms with van der Waals surface area (Å²) in [5.41, 5.74) is 2.81. The Labute approximate surface area is 173 Å². The smallest absolute Gasteiger partial charge is 0.262 e. The van der Waals surface area contributed by atoms with E-state index in [2.05, 4.69) is 10.3 Å². The van der Waals surface area contributed by atoms with E-state index in [0.717, 1.165) is 44.3 Å². The zero-order valence-corrected chi connectivity index (χ0v) is 17.2. The summed E-state index contributed by atoms with van der Waals surface area (Å²) in [4.78, 5) is 18.4. The molecule has 1 N–H and O–H groups in total. The van der Waals surface area contributed by atoms with Crippen molar-refractivity contribution >= 4 is 38.2 Å². The molecular formula is C23H22N2O3S. The monoisotopic (exact) mass is 406 g/mol. The number of methoxy groups -OCH3 is 2. The number of carbonyl (C=O) groups excluding carboxylic acids is 1. The molecule has 0 spiro atoms. The number of pyridine rings is 1.